The molecule has 38 heavy (non-hydrogen) atoms. The second kappa shape index (κ2) is 9.20. The largest absolute Gasteiger partial charge is 0.355 e. The third-order valence-corrected chi connectivity index (χ3v) is 7.70. The zero-order valence-electron chi connectivity index (χ0n) is 20.8. The Morgan fingerprint density at radius 3 is 2.74 bits per heavy atom. The summed E-state index contributed by atoms with van der Waals surface area (Å²) in [5, 5.41) is 11.1. The molecule has 0 atom stereocenters. The highest BCUT2D eigenvalue weighted by Crippen LogP contribution is 2.34. The molecule has 1 amide bonds. The van der Waals surface area contributed by atoms with Crippen molar-refractivity contribution in [3.05, 3.63) is 48.7 Å². The summed E-state index contributed by atoms with van der Waals surface area (Å²) in [5.74, 6) is 1.11. The van der Waals surface area contributed by atoms with Crippen LogP contribution in [0.25, 0.3) is 44.6 Å². The van der Waals surface area contributed by atoms with Crippen molar-refractivity contribution in [1.82, 2.24) is 30.1 Å². The van der Waals surface area contributed by atoms with Crippen molar-refractivity contribution in [3.63, 3.8) is 0 Å². The highest BCUT2D eigenvalue weighted by Gasteiger charge is 2.25. The van der Waals surface area contributed by atoms with Crippen LogP contribution in [0.2, 0.25) is 0 Å². The first-order valence-corrected chi connectivity index (χ1v) is 13.2. The number of fused-ring (bicyclic) bond motifs is 2. The van der Waals surface area contributed by atoms with Crippen LogP contribution < -0.4 is 10.2 Å². The molecule has 0 radical (unpaired) electrons. The van der Waals surface area contributed by atoms with Crippen LogP contribution in [0.1, 0.15) is 38.5 Å². The molecule has 4 aromatic heterocycles. The Bertz CT molecular complexity index is 1660. The number of halogens is 1. The van der Waals surface area contributed by atoms with E-state index in [1.165, 1.54) is 12.5 Å². The van der Waals surface area contributed by atoms with Crippen molar-refractivity contribution in [3.8, 4) is 22.6 Å². The lowest BCUT2D eigenvalue weighted by molar-refractivity contribution is -0.122. The molecular weight excluding hydrogens is 483 g/mol. The van der Waals surface area contributed by atoms with Gasteiger partial charge in [0.15, 0.2) is 11.6 Å². The van der Waals surface area contributed by atoms with Crippen LogP contribution in [0.5, 0.6) is 0 Å². The first-order valence-electron chi connectivity index (χ1n) is 13.2. The molecule has 0 bridgehead atoms. The molecular formula is C28H27FN8O. The number of carbonyl (C=O) groups excluding carboxylic acids is 1. The van der Waals surface area contributed by atoms with Crippen LogP contribution in [0.3, 0.4) is 0 Å². The van der Waals surface area contributed by atoms with E-state index < -0.39 is 5.82 Å². The van der Waals surface area contributed by atoms with E-state index in [2.05, 4.69) is 35.4 Å². The van der Waals surface area contributed by atoms with E-state index >= 15 is 4.39 Å². The fourth-order valence-corrected chi connectivity index (χ4v) is 5.38. The minimum atomic E-state index is -0.404. The van der Waals surface area contributed by atoms with Crippen LogP contribution >= 0.6 is 0 Å². The Kier molecular flexibility index (Phi) is 5.52. The Labute approximate surface area is 217 Å². The number of aromatic amines is 2. The van der Waals surface area contributed by atoms with Crippen LogP contribution in [0.4, 0.5) is 15.9 Å². The standard InChI is InChI=1S/C28H27FN8O/c29-21-13-23-20(12-19(21)17-11-18(15-30-14-17)32-28(38)16-5-4-6-16)24(36-35-23)26-33-22-7-8-31-27(25(22)34-26)37-9-2-1-3-10-37/h7-8,11-16H,1-6,9-10H2,(H,32,38)(H,33,34)(H,35,36). The molecule has 2 aliphatic rings. The number of H-pyrrole nitrogens is 2. The van der Waals surface area contributed by atoms with Gasteiger partial charge in [-0.3, -0.25) is 14.9 Å². The van der Waals surface area contributed by atoms with Crippen LogP contribution in [-0.4, -0.2) is 49.1 Å². The molecule has 2 fully saturated rings. The topological polar surface area (TPSA) is 115 Å². The van der Waals surface area contributed by atoms with Crippen LogP contribution in [0, 0.1) is 11.7 Å². The lowest BCUT2D eigenvalue weighted by Crippen LogP contribution is -2.30. The van der Waals surface area contributed by atoms with Gasteiger partial charge >= 0.3 is 0 Å². The van der Waals surface area contributed by atoms with Gasteiger partial charge in [-0.25, -0.2) is 14.4 Å². The molecule has 1 saturated heterocycles. The summed E-state index contributed by atoms with van der Waals surface area (Å²) >= 11 is 0. The van der Waals surface area contributed by atoms with Crippen molar-refractivity contribution in [2.45, 2.75) is 38.5 Å². The summed E-state index contributed by atoms with van der Waals surface area (Å²) in [7, 11) is 0. The average molecular weight is 511 g/mol. The number of anilines is 2. The maximum absolute atomic E-state index is 15.2. The number of hydrogen-bond acceptors (Lipinski definition) is 6. The minimum absolute atomic E-state index is 0.00783. The van der Waals surface area contributed by atoms with Crippen molar-refractivity contribution in [2.75, 3.05) is 23.3 Å². The first kappa shape index (κ1) is 22.8. The number of nitrogens with zero attached hydrogens (tertiary/aromatic N) is 5. The van der Waals surface area contributed by atoms with E-state index in [4.69, 9.17) is 4.98 Å². The number of imidazole rings is 1. The third kappa shape index (κ3) is 3.96. The number of piperidine rings is 1. The molecule has 7 rings (SSSR count). The quantitative estimate of drug-likeness (QED) is 0.290. The zero-order chi connectivity index (χ0) is 25.6. The predicted octanol–water partition coefficient (Wildman–Crippen LogP) is 5.43. The van der Waals surface area contributed by atoms with Gasteiger partial charge < -0.3 is 15.2 Å². The average Bonchev–Trinajstić information content (AvgIpc) is 3.51. The lowest BCUT2D eigenvalue weighted by Gasteiger charge is -2.27. The van der Waals surface area contributed by atoms with Gasteiger partial charge in [-0.05, 0) is 50.3 Å². The van der Waals surface area contributed by atoms with E-state index in [1.807, 2.05) is 6.07 Å². The fourth-order valence-electron chi connectivity index (χ4n) is 5.38. The zero-order valence-corrected chi connectivity index (χ0v) is 20.8. The highest BCUT2D eigenvalue weighted by molar-refractivity contribution is 5.98. The molecule has 1 aliphatic heterocycles. The van der Waals surface area contributed by atoms with Crippen LogP contribution in [-0.2, 0) is 4.79 Å². The molecule has 1 aromatic carbocycles. The highest BCUT2D eigenvalue weighted by atomic mass is 19.1. The van der Waals surface area contributed by atoms with Gasteiger partial charge in [0.2, 0.25) is 5.91 Å². The van der Waals surface area contributed by atoms with Crippen molar-refractivity contribution < 1.29 is 9.18 Å². The Morgan fingerprint density at radius 1 is 1.05 bits per heavy atom. The summed E-state index contributed by atoms with van der Waals surface area (Å²) in [6.07, 6.45) is 11.4. The SMILES string of the molecule is O=C(Nc1cncc(-c2cc3c(-c4nc5c(N6CCCCC6)nccc5[nH]4)n[nH]c3cc2F)c1)C1CCC1. The number of nitrogens with one attached hydrogen (secondary N) is 3. The molecule has 3 N–H and O–H groups in total. The second-order valence-electron chi connectivity index (χ2n) is 10.2. The summed E-state index contributed by atoms with van der Waals surface area (Å²) < 4.78 is 15.2. The molecule has 5 aromatic rings. The van der Waals surface area contributed by atoms with Gasteiger partial charge in [0.25, 0.3) is 0 Å². The second-order valence-corrected chi connectivity index (χ2v) is 10.2. The van der Waals surface area contributed by atoms with E-state index in [1.54, 1.807) is 30.7 Å². The van der Waals surface area contributed by atoms with E-state index in [0.717, 1.165) is 67.4 Å². The maximum Gasteiger partial charge on any atom is 0.227 e. The molecule has 0 spiro atoms. The molecule has 1 aliphatic carbocycles. The number of hydrogen-bond donors (Lipinski definition) is 3. The van der Waals surface area contributed by atoms with Crippen molar-refractivity contribution in [1.29, 1.82) is 0 Å². The maximum atomic E-state index is 15.2. The predicted molar refractivity (Wildman–Crippen MR) is 144 cm³/mol. The summed E-state index contributed by atoms with van der Waals surface area (Å²) in [6.45, 7) is 1.94. The first-order chi connectivity index (χ1) is 18.6. The smallest absolute Gasteiger partial charge is 0.227 e. The van der Waals surface area contributed by atoms with Crippen molar-refractivity contribution >= 4 is 39.3 Å². The number of amides is 1. The number of pyridine rings is 2. The van der Waals surface area contributed by atoms with Crippen LogP contribution in [0.15, 0.2) is 42.9 Å². The van der Waals surface area contributed by atoms with Gasteiger partial charge in [-0.15, -0.1) is 0 Å². The molecule has 192 valence electrons. The van der Waals surface area contributed by atoms with E-state index in [-0.39, 0.29) is 11.8 Å². The molecule has 0 unspecified atom stereocenters. The van der Waals surface area contributed by atoms with E-state index in [0.29, 0.717) is 33.8 Å². The monoisotopic (exact) mass is 510 g/mol. The number of rotatable bonds is 5. The van der Waals surface area contributed by atoms with Gasteiger partial charge in [0.05, 0.1) is 22.9 Å². The summed E-state index contributed by atoms with van der Waals surface area (Å²) in [6, 6.07) is 6.86. The number of aromatic nitrogens is 6. The van der Waals surface area contributed by atoms with Gasteiger partial charge in [-0.2, -0.15) is 5.10 Å². The Hall–Kier alpha value is -4.34. The lowest BCUT2D eigenvalue weighted by atomic mass is 9.85. The third-order valence-electron chi connectivity index (χ3n) is 7.70. The molecule has 1 saturated carbocycles. The molecule has 5 heterocycles. The van der Waals surface area contributed by atoms with E-state index in [9.17, 15) is 4.79 Å². The summed E-state index contributed by atoms with van der Waals surface area (Å²) in [5.41, 5.74) is 4.36. The normalized spacial score (nSPS) is 16.2. The summed E-state index contributed by atoms with van der Waals surface area (Å²) in [4.78, 5) is 31.8. The minimum Gasteiger partial charge on any atom is -0.355 e. The Morgan fingerprint density at radius 2 is 1.92 bits per heavy atom. The molecule has 9 nitrogen and oxygen atoms in total. The Balaban J connectivity index is 1.26. The number of carbonyl (C=O) groups is 1. The van der Waals surface area contributed by atoms with Gasteiger partial charge in [0.1, 0.15) is 17.0 Å². The molecule has 10 heteroatoms. The number of benzene rings is 1. The van der Waals surface area contributed by atoms with Gasteiger partial charge in [-0.1, -0.05) is 6.42 Å². The fraction of sp³-hybridized carbons (Fsp3) is 0.321. The van der Waals surface area contributed by atoms with Gasteiger partial charge in [0, 0.05) is 54.0 Å². The van der Waals surface area contributed by atoms with Crippen molar-refractivity contribution in [2.24, 2.45) is 5.92 Å².